The number of aromatic nitrogens is 1. The molecule has 3 aromatic carbocycles. The Morgan fingerprint density at radius 3 is 2.59 bits per heavy atom. The molecule has 0 fully saturated rings. The lowest BCUT2D eigenvalue weighted by atomic mass is 9.90. The van der Waals surface area contributed by atoms with Gasteiger partial charge in [-0.1, -0.05) is 66.7 Å². The van der Waals surface area contributed by atoms with E-state index in [1.54, 1.807) is 4.90 Å². The minimum absolute atomic E-state index is 0.0712. The zero-order valence-electron chi connectivity index (χ0n) is 17.5. The number of nitrogens with zero attached hydrogens (tertiary/aromatic N) is 1. The van der Waals surface area contributed by atoms with E-state index in [4.69, 9.17) is 0 Å². The molecule has 0 saturated carbocycles. The lowest BCUT2D eigenvalue weighted by Crippen LogP contribution is -2.52. The van der Waals surface area contributed by atoms with Crippen molar-refractivity contribution in [1.29, 1.82) is 0 Å². The first kappa shape index (κ1) is 18.9. The summed E-state index contributed by atoms with van der Waals surface area (Å²) in [5, 5.41) is 4.21. The van der Waals surface area contributed by atoms with Gasteiger partial charge in [-0.05, 0) is 35.2 Å². The van der Waals surface area contributed by atoms with Gasteiger partial charge in [-0.25, -0.2) is 0 Å². The molecule has 0 radical (unpaired) electrons. The van der Waals surface area contributed by atoms with Crippen LogP contribution >= 0.6 is 0 Å². The Balaban J connectivity index is 1.36. The molecular weight excluding hydrogens is 398 g/mol. The van der Waals surface area contributed by atoms with Crippen molar-refractivity contribution in [2.24, 2.45) is 0 Å². The van der Waals surface area contributed by atoms with Crippen molar-refractivity contribution in [1.82, 2.24) is 15.2 Å². The number of rotatable bonds is 4. The van der Waals surface area contributed by atoms with Crippen molar-refractivity contribution in [3.8, 4) is 0 Å². The van der Waals surface area contributed by atoms with Crippen molar-refractivity contribution in [2.75, 3.05) is 6.54 Å². The average Bonchev–Trinajstić information content (AvgIpc) is 3.35. The summed E-state index contributed by atoms with van der Waals surface area (Å²) in [6, 6.07) is 25.2. The smallest absolute Gasteiger partial charge is 0.255 e. The van der Waals surface area contributed by atoms with Crippen LogP contribution in [0.1, 0.15) is 38.8 Å². The van der Waals surface area contributed by atoms with Crippen molar-refractivity contribution in [3.63, 3.8) is 0 Å². The molecule has 2 amide bonds. The highest BCUT2D eigenvalue weighted by Crippen LogP contribution is 2.46. The van der Waals surface area contributed by atoms with E-state index in [-0.39, 0.29) is 17.9 Å². The van der Waals surface area contributed by atoms with Gasteiger partial charge < -0.3 is 15.2 Å². The maximum atomic E-state index is 13.4. The molecule has 158 valence electrons. The molecule has 4 aromatic rings. The van der Waals surface area contributed by atoms with Gasteiger partial charge in [0.2, 0.25) is 5.91 Å². The molecule has 3 heterocycles. The summed E-state index contributed by atoms with van der Waals surface area (Å²) in [5.74, 6) is -0.166. The lowest BCUT2D eigenvalue weighted by Gasteiger charge is -2.37. The maximum absolute atomic E-state index is 13.4. The monoisotopic (exact) mass is 421 g/mol. The minimum atomic E-state index is -0.539. The van der Waals surface area contributed by atoms with Gasteiger partial charge in [0.25, 0.3) is 5.91 Å². The van der Waals surface area contributed by atoms with Crippen LogP contribution in [0.25, 0.3) is 10.9 Å². The van der Waals surface area contributed by atoms with E-state index >= 15 is 0 Å². The molecule has 2 aliphatic heterocycles. The highest BCUT2D eigenvalue weighted by atomic mass is 16.2. The normalized spacial score (nSPS) is 18.9. The second-order valence-electron chi connectivity index (χ2n) is 8.51. The summed E-state index contributed by atoms with van der Waals surface area (Å²) in [6.45, 7) is 0.541. The summed E-state index contributed by atoms with van der Waals surface area (Å²) in [4.78, 5) is 32.1. The van der Waals surface area contributed by atoms with Gasteiger partial charge in [0.15, 0.2) is 0 Å². The number of benzene rings is 3. The standard InChI is InChI=1S/C27H23N3O2/c31-26(28-15-14-17-8-2-1-3-9-17)23-16-21-18-10-6-7-13-22(18)29-24(21)25-19-11-4-5-12-20(19)27(32)30(23)25/h1-13,23,25,29H,14-16H2,(H,28,31)/t23-,25?/m0/s1. The van der Waals surface area contributed by atoms with E-state index in [0.717, 1.165) is 34.1 Å². The van der Waals surface area contributed by atoms with Gasteiger partial charge >= 0.3 is 0 Å². The molecule has 0 saturated heterocycles. The highest BCUT2D eigenvalue weighted by Gasteiger charge is 2.48. The fourth-order valence-corrected chi connectivity index (χ4v) is 5.23. The van der Waals surface area contributed by atoms with Gasteiger partial charge in [0.05, 0.1) is 6.04 Å². The molecule has 0 bridgehead atoms. The van der Waals surface area contributed by atoms with E-state index in [9.17, 15) is 9.59 Å². The quantitative estimate of drug-likeness (QED) is 0.523. The van der Waals surface area contributed by atoms with Gasteiger partial charge in [-0.15, -0.1) is 0 Å². The number of H-pyrrole nitrogens is 1. The van der Waals surface area contributed by atoms with Crippen LogP contribution in [0.4, 0.5) is 0 Å². The number of carbonyl (C=O) groups excluding carboxylic acids is 2. The van der Waals surface area contributed by atoms with E-state index < -0.39 is 6.04 Å². The third-order valence-corrected chi connectivity index (χ3v) is 6.71. The van der Waals surface area contributed by atoms with Crippen molar-refractivity contribution in [2.45, 2.75) is 24.9 Å². The van der Waals surface area contributed by atoms with Crippen molar-refractivity contribution in [3.05, 3.63) is 107 Å². The number of aromatic amines is 1. The van der Waals surface area contributed by atoms with Crippen LogP contribution < -0.4 is 5.32 Å². The molecule has 2 N–H and O–H groups in total. The van der Waals surface area contributed by atoms with Crippen LogP contribution in [0.2, 0.25) is 0 Å². The van der Waals surface area contributed by atoms with Crippen LogP contribution in [-0.2, 0) is 17.6 Å². The molecule has 0 aliphatic carbocycles. The number of carbonyl (C=O) groups is 2. The van der Waals surface area contributed by atoms with E-state index in [1.165, 1.54) is 5.56 Å². The zero-order chi connectivity index (χ0) is 21.7. The second-order valence-corrected chi connectivity index (χ2v) is 8.51. The first-order valence-corrected chi connectivity index (χ1v) is 11.0. The topological polar surface area (TPSA) is 65.2 Å². The molecule has 2 atom stereocenters. The summed E-state index contributed by atoms with van der Waals surface area (Å²) in [5.41, 5.74) is 6.03. The first-order chi connectivity index (χ1) is 15.7. The van der Waals surface area contributed by atoms with Gasteiger partial charge in [0, 0.05) is 35.1 Å². The summed E-state index contributed by atoms with van der Waals surface area (Å²) < 4.78 is 0. The number of hydrogen-bond donors (Lipinski definition) is 2. The Bertz CT molecular complexity index is 1340. The molecule has 5 heteroatoms. The lowest BCUT2D eigenvalue weighted by molar-refractivity contribution is -0.126. The fraction of sp³-hybridized carbons (Fsp3) is 0.185. The third kappa shape index (κ3) is 2.85. The highest BCUT2D eigenvalue weighted by molar-refractivity contribution is 6.03. The van der Waals surface area contributed by atoms with Gasteiger partial charge in [-0.3, -0.25) is 9.59 Å². The molecule has 6 rings (SSSR count). The Hall–Kier alpha value is -3.86. The number of hydrogen-bond acceptors (Lipinski definition) is 2. The second kappa shape index (κ2) is 7.38. The predicted octanol–water partition coefficient (Wildman–Crippen LogP) is 4.00. The van der Waals surface area contributed by atoms with Crippen LogP contribution in [0.5, 0.6) is 0 Å². The molecular formula is C27H23N3O2. The summed E-state index contributed by atoms with van der Waals surface area (Å²) >= 11 is 0. The minimum Gasteiger partial charge on any atom is -0.356 e. The SMILES string of the molecule is O=C(NCCc1ccccc1)[C@@H]1Cc2c([nH]c3ccccc23)C2c3ccccc3C(=O)N21. The number of fused-ring (bicyclic) bond motifs is 7. The van der Waals surface area contributed by atoms with Crippen molar-refractivity contribution < 1.29 is 9.59 Å². The van der Waals surface area contributed by atoms with Crippen LogP contribution in [0.15, 0.2) is 78.9 Å². The van der Waals surface area contributed by atoms with Crippen LogP contribution in [0.3, 0.4) is 0 Å². The Morgan fingerprint density at radius 1 is 0.969 bits per heavy atom. The Kier molecular flexibility index (Phi) is 4.35. The van der Waals surface area contributed by atoms with Gasteiger partial charge in [-0.2, -0.15) is 0 Å². The predicted molar refractivity (Wildman–Crippen MR) is 123 cm³/mol. The molecule has 32 heavy (non-hydrogen) atoms. The molecule has 1 unspecified atom stereocenters. The van der Waals surface area contributed by atoms with Crippen LogP contribution in [-0.4, -0.2) is 34.3 Å². The van der Waals surface area contributed by atoms with E-state index in [2.05, 4.69) is 34.6 Å². The average molecular weight is 422 g/mol. The van der Waals surface area contributed by atoms with E-state index in [0.29, 0.717) is 18.5 Å². The Morgan fingerprint density at radius 2 is 1.72 bits per heavy atom. The van der Waals surface area contributed by atoms with E-state index in [1.807, 2.05) is 54.6 Å². The number of nitrogens with one attached hydrogen (secondary N) is 2. The molecule has 5 nitrogen and oxygen atoms in total. The first-order valence-electron chi connectivity index (χ1n) is 11.0. The molecule has 0 spiro atoms. The maximum Gasteiger partial charge on any atom is 0.255 e. The van der Waals surface area contributed by atoms with Crippen LogP contribution in [0, 0.1) is 0 Å². The molecule has 1 aromatic heterocycles. The van der Waals surface area contributed by atoms with Gasteiger partial charge in [0.1, 0.15) is 6.04 Å². The molecule has 2 aliphatic rings. The zero-order valence-corrected chi connectivity index (χ0v) is 17.5. The summed E-state index contributed by atoms with van der Waals surface area (Å²) in [7, 11) is 0. The summed E-state index contributed by atoms with van der Waals surface area (Å²) in [6.07, 6.45) is 1.27. The largest absolute Gasteiger partial charge is 0.356 e. The number of amides is 2. The van der Waals surface area contributed by atoms with Crippen molar-refractivity contribution >= 4 is 22.7 Å². The number of para-hydroxylation sites is 1. The third-order valence-electron chi connectivity index (χ3n) is 6.71. The fourth-order valence-electron chi connectivity index (χ4n) is 5.23. The Labute approximate surface area is 186 Å².